The highest BCUT2D eigenvalue weighted by molar-refractivity contribution is 7.89. The van der Waals surface area contributed by atoms with E-state index in [1.54, 1.807) is 30.0 Å². The molecular weight excluding hydrogens is 320 g/mol. The molecule has 0 spiro atoms. The van der Waals surface area contributed by atoms with Crippen LogP contribution in [0.5, 0.6) is 5.75 Å². The molecule has 0 bridgehead atoms. The van der Waals surface area contributed by atoms with Crippen molar-refractivity contribution in [1.82, 2.24) is 9.21 Å². The molecule has 0 aromatic heterocycles. The van der Waals surface area contributed by atoms with E-state index in [9.17, 15) is 18.0 Å². The fourth-order valence-electron chi connectivity index (χ4n) is 2.39. The van der Waals surface area contributed by atoms with Crippen LogP contribution >= 0.6 is 0 Å². The van der Waals surface area contributed by atoms with E-state index in [1.165, 1.54) is 17.3 Å². The maximum absolute atomic E-state index is 12.5. The Morgan fingerprint density at radius 3 is 2.39 bits per heavy atom. The van der Waals surface area contributed by atoms with Crippen molar-refractivity contribution in [2.45, 2.75) is 13.8 Å². The zero-order valence-corrected chi connectivity index (χ0v) is 14.0. The van der Waals surface area contributed by atoms with Crippen molar-refractivity contribution < 1.29 is 22.7 Å². The second-order valence-corrected chi connectivity index (χ2v) is 7.47. The van der Waals surface area contributed by atoms with E-state index < -0.39 is 16.0 Å². The third-order valence-corrected chi connectivity index (χ3v) is 5.51. The summed E-state index contributed by atoms with van der Waals surface area (Å²) < 4.78 is 30.0. The summed E-state index contributed by atoms with van der Waals surface area (Å²) in [5.74, 6) is -0.276. The van der Waals surface area contributed by atoms with Gasteiger partial charge in [0, 0.05) is 38.7 Å². The molecule has 8 heteroatoms. The first-order valence-electron chi connectivity index (χ1n) is 7.39. The molecule has 0 aliphatic carbocycles. The molecule has 1 fully saturated rings. The molecule has 1 aromatic rings. The van der Waals surface area contributed by atoms with Gasteiger partial charge >= 0.3 is 5.97 Å². The molecule has 23 heavy (non-hydrogen) atoms. The SMILES string of the molecule is CCS(=O)(=O)N1CCN(C(=O)c2cccc(OC(C)=O)c2)CC1. The van der Waals surface area contributed by atoms with E-state index in [4.69, 9.17) is 4.74 Å². The lowest BCUT2D eigenvalue weighted by Crippen LogP contribution is -2.50. The van der Waals surface area contributed by atoms with Crippen LogP contribution in [0.15, 0.2) is 24.3 Å². The number of rotatable bonds is 4. The van der Waals surface area contributed by atoms with Crippen LogP contribution < -0.4 is 4.74 Å². The fraction of sp³-hybridized carbons (Fsp3) is 0.467. The van der Waals surface area contributed by atoms with Gasteiger partial charge in [0.15, 0.2) is 0 Å². The molecular formula is C15H20N2O5S. The lowest BCUT2D eigenvalue weighted by atomic mass is 10.1. The lowest BCUT2D eigenvalue weighted by molar-refractivity contribution is -0.131. The third-order valence-electron chi connectivity index (χ3n) is 3.63. The van der Waals surface area contributed by atoms with Crippen LogP contribution in [0.1, 0.15) is 24.2 Å². The third kappa shape index (κ3) is 4.29. The number of amides is 1. The number of piperazine rings is 1. The number of carbonyl (C=O) groups is 2. The molecule has 1 heterocycles. The van der Waals surface area contributed by atoms with Gasteiger partial charge < -0.3 is 9.64 Å². The van der Waals surface area contributed by atoms with E-state index >= 15 is 0 Å². The molecule has 0 radical (unpaired) electrons. The summed E-state index contributed by atoms with van der Waals surface area (Å²) in [5.41, 5.74) is 0.413. The van der Waals surface area contributed by atoms with E-state index in [0.717, 1.165) is 0 Å². The molecule has 1 amide bonds. The first kappa shape index (κ1) is 17.4. The molecule has 1 saturated heterocycles. The molecule has 7 nitrogen and oxygen atoms in total. The normalized spacial score (nSPS) is 16.2. The van der Waals surface area contributed by atoms with E-state index in [0.29, 0.717) is 37.5 Å². The predicted molar refractivity (Wildman–Crippen MR) is 84.7 cm³/mol. The summed E-state index contributed by atoms with van der Waals surface area (Å²) in [6.07, 6.45) is 0. The summed E-state index contributed by atoms with van der Waals surface area (Å²) in [7, 11) is -3.22. The van der Waals surface area contributed by atoms with Gasteiger partial charge in [0.1, 0.15) is 5.75 Å². The quantitative estimate of drug-likeness (QED) is 0.596. The smallest absolute Gasteiger partial charge is 0.308 e. The Kier molecular flexibility index (Phi) is 5.38. The molecule has 2 rings (SSSR count). The molecule has 0 N–H and O–H groups in total. The van der Waals surface area contributed by atoms with Crippen LogP contribution in [0.25, 0.3) is 0 Å². The first-order valence-corrected chi connectivity index (χ1v) is 9.00. The van der Waals surface area contributed by atoms with Crippen LogP contribution in [0.2, 0.25) is 0 Å². The standard InChI is InChI=1S/C15H20N2O5S/c1-3-23(20,21)17-9-7-16(8-10-17)15(19)13-5-4-6-14(11-13)22-12(2)18/h4-6,11H,3,7-10H2,1-2H3. The Balaban J connectivity index is 2.04. The number of hydrogen-bond acceptors (Lipinski definition) is 5. The van der Waals surface area contributed by atoms with Gasteiger partial charge in [0.05, 0.1) is 5.75 Å². The second kappa shape index (κ2) is 7.10. The van der Waals surface area contributed by atoms with Crippen molar-refractivity contribution in [3.63, 3.8) is 0 Å². The van der Waals surface area contributed by atoms with E-state index in [1.807, 2.05) is 0 Å². The summed E-state index contributed by atoms with van der Waals surface area (Å²) in [4.78, 5) is 25.1. The maximum atomic E-state index is 12.5. The topological polar surface area (TPSA) is 84.0 Å². The minimum atomic E-state index is -3.22. The Labute approximate surface area is 135 Å². The number of carbonyl (C=O) groups excluding carboxylic acids is 2. The van der Waals surface area contributed by atoms with Gasteiger partial charge in [-0.3, -0.25) is 9.59 Å². The van der Waals surface area contributed by atoms with Crippen LogP contribution in [0.3, 0.4) is 0 Å². The van der Waals surface area contributed by atoms with Gasteiger partial charge in [-0.2, -0.15) is 4.31 Å². The summed E-state index contributed by atoms with van der Waals surface area (Å²) in [5, 5.41) is 0. The Bertz CT molecular complexity index is 694. The molecule has 0 unspecified atom stereocenters. The Morgan fingerprint density at radius 2 is 1.83 bits per heavy atom. The minimum absolute atomic E-state index is 0.0609. The zero-order chi connectivity index (χ0) is 17.0. The monoisotopic (exact) mass is 340 g/mol. The average molecular weight is 340 g/mol. The molecule has 0 saturated carbocycles. The van der Waals surface area contributed by atoms with Crippen molar-refractivity contribution in [3.8, 4) is 5.75 Å². The Hall–Kier alpha value is -1.93. The number of hydrogen-bond donors (Lipinski definition) is 0. The molecule has 0 atom stereocenters. The van der Waals surface area contributed by atoms with Crippen molar-refractivity contribution in [3.05, 3.63) is 29.8 Å². The van der Waals surface area contributed by atoms with Gasteiger partial charge in [-0.15, -0.1) is 0 Å². The number of nitrogens with zero attached hydrogens (tertiary/aromatic N) is 2. The number of sulfonamides is 1. The van der Waals surface area contributed by atoms with Crippen LogP contribution in [0.4, 0.5) is 0 Å². The first-order chi connectivity index (χ1) is 10.8. The van der Waals surface area contributed by atoms with Crippen LogP contribution in [0, 0.1) is 0 Å². The van der Waals surface area contributed by atoms with Crippen LogP contribution in [-0.2, 0) is 14.8 Å². The summed E-state index contributed by atoms with van der Waals surface area (Å²) in [6.45, 7) is 4.18. The van der Waals surface area contributed by atoms with E-state index in [-0.39, 0.29) is 11.7 Å². The van der Waals surface area contributed by atoms with Crippen molar-refractivity contribution in [2.24, 2.45) is 0 Å². The summed E-state index contributed by atoms with van der Waals surface area (Å²) >= 11 is 0. The largest absolute Gasteiger partial charge is 0.427 e. The Morgan fingerprint density at radius 1 is 1.17 bits per heavy atom. The maximum Gasteiger partial charge on any atom is 0.308 e. The van der Waals surface area contributed by atoms with Crippen molar-refractivity contribution >= 4 is 21.9 Å². The van der Waals surface area contributed by atoms with Gasteiger partial charge in [-0.05, 0) is 25.1 Å². The number of ether oxygens (including phenoxy) is 1. The number of benzene rings is 1. The van der Waals surface area contributed by atoms with Crippen LogP contribution in [-0.4, -0.2) is 61.4 Å². The van der Waals surface area contributed by atoms with Gasteiger partial charge in [-0.1, -0.05) is 6.07 Å². The minimum Gasteiger partial charge on any atom is -0.427 e. The lowest BCUT2D eigenvalue weighted by Gasteiger charge is -2.33. The molecule has 1 aliphatic rings. The highest BCUT2D eigenvalue weighted by Crippen LogP contribution is 2.17. The average Bonchev–Trinajstić information content (AvgIpc) is 2.54. The van der Waals surface area contributed by atoms with Gasteiger partial charge in [0.25, 0.3) is 5.91 Å². The zero-order valence-electron chi connectivity index (χ0n) is 13.2. The number of esters is 1. The second-order valence-electron chi connectivity index (χ2n) is 5.21. The fourth-order valence-corrected chi connectivity index (χ4v) is 3.48. The molecule has 1 aromatic carbocycles. The van der Waals surface area contributed by atoms with E-state index in [2.05, 4.69) is 0 Å². The van der Waals surface area contributed by atoms with Gasteiger partial charge in [-0.25, -0.2) is 8.42 Å². The van der Waals surface area contributed by atoms with Crippen molar-refractivity contribution in [2.75, 3.05) is 31.9 Å². The van der Waals surface area contributed by atoms with Crippen molar-refractivity contribution in [1.29, 1.82) is 0 Å². The van der Waals surface area contributed by atoms with Gasteiger partial charge in [0.2, 0.25) is 10.0 Å². The highest BCUT2D eigenvalue weighted by atomic mass is 32.2. The summed E-state index contributed by atoms with van der Waals surface area (Å²) in [6, 6.07) is 6.40. The highest BCUT2D eigenvalue weighted by Gasteiger charge is 2.28. The molecule has 126 valence electrons. The predicted octanol–water partition coefficient (Wildman–Crippen LogP) is 0.719. The molecule has 1 aliphatic heterocycles.